The average Bonchev–Trinajstić information content (AvgIpc) is 2.94. The number of fused-ring (bicyclic) bond motifs is 1. The van der Waals surface area contributed by atoms with E-state index in [1.165, 1.54) is 59.2 Å². The van der Waals surface area contributed by atoms with Crippen LogP contribution < -0.4 is 9.47 Å². The van der Waals surface area contributed by atoms with Crippen LogP contribution in [0, 0.1) is 11.7 Å². The van der Waals surface area contributed by atoms with Crippen molar-refractivity contribution in [2.75, 3.05) is 33.9 Å². The molecule has 1 aliphatic rings. The van der Waals surface area contributed by atoms with E-state index < -0.39 is 50.5 Å². The molecule has 3 aromatic carbocycles. The lowest BCUT2D eigenvalue weighted by atomic mass is 10.0. The zero-order valence-electron chi connectivity index (χ0n) is 22.7. The summed E-state index contributed by atoms with van der Waals surface area (Å²) in [6, 6.07) is 15.6. The highest BCUT2D eigenvalue weighted by Gasteiger charge is 2.39. The highest BCUT2D eigenvalue weighted by Crippen LogP contribution is 2.37. The summed E-state index contributed by atoms with van der Waals surface area (Å²) < 4.78 is 81.9. The second-order valence-electron chi connectivity index (χ2n) is 9.87. The second kappa shape index (κ2) is 11.8. The van der Waals surface area contributed by atoms with E-state index in [1.807, 2.05) is 0 Å². The van der Waals surface area contributed by atoms with E-state index in [4.69, 9.17) is 9.47 Å². The van der Waals surface area contributed by atoms with Crippen molar-refractivity contribution in [3.05, 3.63) is 72.5 Å². The van der Waals surface area contributed by atoms with E-state index in [2.05, 4.69) is 0 Å². The van der Waals surface area contributed by atoms with Crippen molar-refractivity contribution < 1.29 is 35.8 Å². The number of aliphatic hydroxyl groups excluding tert-OH is 1. The van der Waals surface area contributed by atoms with Crippen LogP contribution in [0.5, 0.6) is 11.5 Å². The van der Waals surface area contributed by atoms with E-state index in [-0.39, 0.29) is 28.6 Å². The monoisotopic (exact) mass is 592 g/mol. The normalized spacial score (nSPS) is 20.2. The van der Waals surface area contributed by atoms with Gasteiger partial charge in [-0.3, -0.25) is 0 Å². The van der Waals surface area contributed by atoms with Crippen LogP contribution in [-0.2, 0) is 20.0 Å². The summed E-state index contributed by atoms with van der Waals surface area (Å²) in [4.78, 5) is -0.0493. The van der Waals surface area contributed by atoms with Gasteiger partial charge >= 0.3 is 0 Å². The number of sulfonamides is 2. The van der Waals surface area contributed by atoms with Gasteiger partial charge in [-0.25, -0.2) is 21.2 Å². The van der Waals surface area contributed by atoms with Crippen molar-refractivity contribution >= 4 is 20.0 Å². The van der Waals surface area contributed by atoms with Crippen LogP contribution in [0.2, 0.25) is 0 Å². The number of hydrogen-bond acceptors (Lipinski definition) is 7. The fourth-order valence-electron chi connectivity index (χ4n) is 4.57. The van der Waals surface area contributed by atoms with Crippen LogP contribution in [0.15, 0.2) is 76.5 Å². The number of rotatable bonds is 8. The van der Waals surface area contributed by atoms with Crippen LogP contribution in [0.4, 0.5) is 4.39 Å². The Morgan fingerprint density at radius 1 is 1.12 bits per heavy atom. The minimum absolute atomic E-state index is 0.00373. The zero-order valence-corrected chi connectivity index (χ0v) is 24.3. The number of halogens is 1. The van der Waals surface area contributed by atoms with E-state index in [1.54, 1.807) is 44.2 Å². The Balaban J connectivity index is 1.76. The van der Waals surface area contributed by atoms with Crippen LogP contribution in [-0.4, -0.2) is 76.6 Å². The summed E-state index contributed by atoms with van der Waals surface area (Å²) >= 11 is 0. The first-order valence-corrected chi connectivity index (χ1v) is 15.6. The summed E-state index contributed by atoms with van der Waals surface area (Å²) in [5.74, 6) is -0.381. The molecule has 0 bridgehead atoms. The molecule has 9 nitrogen and oxygen atoms in total. The van der Waals surface area contributed by atoms with Gasteiger partial charge in [0.15, 0.2) is 0 Å². The Labute approximate surface area is 234 Å². The van der Waals surface area contributed by atoms with E-state index >= 15 is 0 Å². The lowest BCUT2D eigenvalue weighted by molar-refractivity contribution is 0.0905. The van der Waals surface area contributed by atoms with Crippen molar-refractivity contribution in [2.45, 2.75) is 35.8 Å². The third-order valence-corrected chi connectivity index (χ3v) is 10.9. The fourth-order valence-corrected chi connectivity index (χ4v) is 7.58. The molecule has 12 heteroatoms. The molecule has 0 aliphatic carbocycles. The third-order valence-electron chi connectivity index (χ3n) is 7.03. The molecule has 4 rings (SSSR count). The fraction of sp³-hybridized carbons (Fsp3) is 0.357. The summed E-state index contributed by atoms with van der Waals surface area (Å²) in [5.41, 5.74) is 1.05. The Kier molecular flexibility index (Phi) is 8.86. The molecule has 0 unspecified atom stereocenters. The highest BCUT2D eigenvalue weighted by atomic mass is 32.2. The standard InChI is InChI=1S/C28H33FN2O7S2/c1-19-16-31(20(2)18-32)40(35,36)28-13-8-22(21-6-5-7-23(29)14-21)15-26(28)38-27(19)17-30(3)39(33,34)25-11-9-24(37-4)10-12-25/h5-15,19-20,27,32H,16-18H2,1-4H3/t19-,20-,27+/m1/s1. The number of aliphatic hydroxyl groups is 1. The Hall–Kier alpha value is -3.03. The van der Waals surface area contributed by atoms with Crippen molar-refractivity contribution in [2.24, 2.45) is 5.92 Å². The molecule has 1 aliphatic heterocycles. The van der Waals surface area contributed by atoms with Gasteiger partial charge in [-0.15, -0.1) is 0 Å². The number of likely N-dealkylation sites (N-methyl/N-ethyl adjacent to an activating group) is 1. The lowest BCUT2D eigenvalue weighted by Crippen LogP contribution is -2.50. The largest absolute Gasteiger partial charge is 0.497 e. The van der Waals surface area contributed by atoms with Crippen molar-refractivity contribution in [3.8, 4) is 22.6 Å². The van der Waals surface area contributed by atoms with Gasteiger partial charge in [-0.05, 0) is 66.6 Å². The van der Waals surface area contributed by atoms with Gasteiger partial charge in [0.25, 0.3) is 0 Å². The highest BCUT2D eigenvalue weighted by molar-refractivity contribution is 7.89. The van der Waals surface area contributed by atoms with E-state index in [0.29, 0.717) is 16.9 Å². The number of nitrogens with zero attached hydrogens (tertiary/aromatic N) is 2. The quantitative estimate of drug-likeness (QED) is 0.425. The maximum atomic E-state index is 13.9. The van der Waals surface area contributed by atoms with Crippen LogP contribution in [0.3, 0.4) is 0 Å². The van der Waals surface area contributed by atoms with Gasteiger partial charge < -0.3 is 14.6 Å². The molecule has 40 heavy (non-hydrogen) atoms. The third kappa shape index (κ3) is 6.01. The average molecular weight is 593 g/mol. The molecule has 0 fully saturated rings. The first kappa shape index (κ1) is 29.9. The number of hydrogen-bond donors (Lipinski definition) is 1. The van der Waals surface area contributed by atoms with Crippen LogP contribution in [0.25, 0.3) is 11.1 Å². The van der Waals surface area contributed by atoms with Gasteiger partial charge in [0.1, 0.15) is 28.3 Å². The predicted molar refractivity (Wildman–Crippen MR) is 149 cm³/mol. The predicted octanol–water partition coefficient (Wildman–Crippen LogP) is 3.59. The summed E-state index contributed by atoms with van der Waals surface area (Å²) in [6.45, 7) is 2.88. The second-order valence-corrected chi connectivity index (χ2v) is 13.8. The minimum Gasteiger partial charge on any atom is -0.497 e. The van der Waals surface area contributed by atoms with Crippen LogP contribution >= 0.6 is 0 Å². The number of methoxy groups -OCH3 is 1. The molecule has 216 valence electrons. The van der Waals surface area contributed by atoms with E-state index in [9.17, 15) is 26.3 Å². The number of benzene rings is 3. The van der Waals surface area contributed by atoms with Crippen molar-refractivity contribution in [3.63, 3.8) is 0 Å². The van der Waals surface area contributed by atoms with Crippen molar-refractivity contribution in [1.82, 2.24) is 8.61 Å². The molecule has 3 atom stereocenters. The first-order valence-electron chi connectivity index (χ1n) is 12.7. The van der Waals surface area contributed by atoms with Gasteiger partial charge in [0.2, 0.25) is 20.0 Å². The van der Waals surface area contributed by atoms with Gasteiger partial charge in [-0.1, -0.05) is 25.1 Å². The summed E-state index contributed by atoms with van der Waals surface area (Å²) in [5, 5.41) is 9.85. The maximum Gasteiger partial charge on any atom is 0.247 e. The zero-order chi connectivity index (χ0) is 29.2. The molecule has 0 amide bonds. The topological polar surface area (TPSA) is 113 Å². The maximum absolute atomic E-state index is 13.9. The van der Waals surface area contributed by atoms with Crippen LogP contribution in [0.1, 0.15) is 13.8 Å². The van der Waals surface area contributed by atoms with Gasteiger partial charge in [0, 0.05) is 25.6 Å². The molecule has 0 aromatic heterocycles. The smallest absolute Gasteiger partial charge is 0.247 e. The van der Waals surface area contributed by atoms with E-state index in [0.717, 1.165) is 0 Å². The van der Waals surface area contributed by atoms with Crippen molar-refractivity contribution in [1.29, 1.82) is 0 Å². The SMILES string of the molecule is COc1ccc(S(=O)(=O)N(C)C[C@@H]2Oc3cc(-c4cccc(F)c4)ccc3S(=O)(=O)N([C@H](C)CO)C[C@H]2C)cc1. The molecular weight excluding hydrogens is 559 g/mol. The lowest BCUT2D eigenvalue weighted by Gasteiger charge is -2.37. The Morgan fingerprint density at radius 2 is 1.80 bits per heavy atom. The molecule has 1 heterocycles. The molecular formula is C28H33FN2O7S2. The molecule has 1 N–H and O–H groups in total. The molecule has 0 saturated carbocycles. The Morgan fingerprint density at radius 3 is 2.42 bits per heavy atom. The summed E-state index contributed by atoms with van der Waals surface area (Å²) in [6.07, 6.45) is -0.761. The number of ether oxygens (including phenoxy) is 2. The minimum atomic E-state index is -4.09. The molecule has 3 aromatic rings. The molecule has 0 radical (unpaired) electrons. The van der Waals surface area contributed by atoms with Gasteiger partial charge in [0.05, 0.1) is 25.2 Å². The van der Waals surface area contributed by atoms with Gasteiger partial charge in [-0.2, -0.15) is 8.61 Å². The summed E-state index contributed by atoms with van der Waals surface area (Å²) in [7, 11) is -5.09. The first-order chi connectivity index (χ1) is 18.9. The molecule has 0 saturated heterocycles. The molecule has 0 spiro atoms. The Bertz CT molecular complexity index is 1560.